The van der Waals surface area contributed by atoms with E-state index in [9.17, 15) is 5.11 Å². The molecule has 0 unspecified atom stereocenters. The molecule has 4 aliphatic carbocycles. The number of rotatable bonds is 7. The molecule has 4 bridgehead atoms. The van der Waals surface area contributed by atoms with Crippen molar-refractivity contribution in [3.63, 3.8) is 0 Å². The van der Waals surface area contributed by atoms with Crippen LogP contribution in [0.15, 0.2) is 54.0 Å². The summed E-state index contributed by atoms with van der Waals surface area (Å²) in [4.78, 5) is 4.71. The molecule has 0 aromatic heterocycles. The van der Waals surface area contributed by atoms with Crippen LogP contribution in [0.4, 0.5) is 5.69 Å². The summed E-state index contributed by atoms with van der Waals surface area (Å²) in [5, 5.41) is 10.4. The van der Waals surface area contributed by atoms with E-state index in [-0.39, 0.29) is 5.75 Å². The highest BCUT2D eigenvalue weighted by Gasteiger charge is 2.51. The second-order valence-electron chi connectivity index (χ2n) is 9.96. The minimum Gasteiger partial charge on any atom is -0.504 e. The lowest BCUT2D eigenvalue weighted by atomic mass is 9.48. The van der Waals surface area contributed by atoms with E-state index >= 15 is 0 Å². The van der Waals surface area contributed by atoms with Crippen molar-refractivity contribution in [3.8, 4) is 11.5 Å². The van der Waals surface area contributed by atoms with Crippen molar-refractivity contribution in [2.75, 3.05) is 6.61 Å². The fourth-order valence-electron chi connectivity index (χ4n) is 6.85. The molecule has 4 fully saturated rings. The Morgan fingerprint density at radius 3 is 2.29 bits per heavy atom. The number of hydrogen-bond donors (Lipinski definition) is 1. The summed E-state index contributed by atoms with van der Waals surface area (Å²) in [7, 11) is 0. The van der Waals surface area contributed by atoms with Gasteiger partial charge in [-0.05, 0) is 110 Å². The van der Waals surface area contributed by atoms with Gasteiger partial charge in [-0.15, -0.1) is 6.58 Å². The van der Waals surface area contributed by atoms with Crippen molar-refractivity contribution in [2.45, 2.75) is 57.3 Å². The van der Waals surface area contributed by atoms with Gasteiger partial charge in [-0.25, -0.2) is 0 Å². The largest absolute Gasteiger partial charge is 0.504 e. The smallest absolute Gasteiger partial charge is 0.161 e. The molecule has 0 radical (unpaired) electrons. The van der Waals surface area contributed by atoms with Gasteiger partial charge in [0.05, 0.1) is 12.3 Å². The number of aliphatic imine (C=N–C) groups is 1. The number of benzene rings is 2. The van der Waals surface area contributed by atoms with E-state index in [4.69, 9.17) is 9.73 Å². The Bertz CT molecular complexity index is 954. The topological polar surface area (TPSA) is 41.8 Å². The standard InChI is InChI=1S/C28H33NO2/c1-3-5-23-13-22(14-26(27(23)30)31-4-2)18-29-25-8-6-24(7-9-25)28-15-19-10-20(16-28)12-21(11-19)17-28/h3,6-9,13-14,18-21,30H,1,4-5,10-12,15-17H2,2H3. The van der Waals surface area contributed by atoms with Crippen LogP contribution >= 0.6 is 0 Å². The van der Waals surface area contributed by atoms with Gasteiger partial charge >= 0.3 is 0 Å². The van der Waals surface area contributed by atoms with Gasteiger partial charge in [0.25, 0.3) is 0 Å². The van der Waals surface area contributed by atoms with Crippen molar-refractivity contribution in [1.82, 2.24) is 0 Å². The molecule has 6 rings (SSSR count). The number of hydrogen-bond acceptors (Lipinski definition) is 3. The second kappa shape index (κ2) is 8.18. The Labute approximate surface area is 185 Å². The Morgan fingerprint density at radius 2 is 1.71 bits per heavy atom. The first-order chi connectivity index (χ1) is 15.1. The van der Waals surface area contributed by atoms with Gasteiger partial charge in [-0.1, -0.05) is 18.2 Å². The summed E-state index contributed by atoms with van der Waals surface area (Å²) in [6.45, 7) is 6.21. The third-order valence-electron chi connectivity index (χ3n) is 7.72. The first-order valence-corrected chi connectivity index (χ1v) is 11.8. The number of aromatic hydroxyl groups is 1. The van der Waals surface area contributed by atoms with E-state index in [0.717, 1.165) is 34.6 Å². The van der Waals surface area contributed by atoms with Crippen molar-refractivity contribution in [3.05, 3.63) is 65.7 Å². The molecule has 0 heterocycles. The Kier molecular flexibility index (Phi) is 5.37. The molecule has 2 aromatic carbocycles. The summed E-state index contributed by atoms with van der Waals surface area (Å²) in [6, 6.07) is 12.8. The van der Waals surface area contributed by atoms with Gasteiger partial charge in [-0.3, -0.25) is 4.99 Å². The van der Waals surface area contributed by atoms with Gasteiger partial charge in [0.1, 0.15) is 0 Å². The maximum absolute atomic E-state index is 10.4. The first-order valence-electron chi connectivity index (χ1n) is 11.8. The van der Waals surface area contributed by atoms with Crippen LogP contribution < -0.4 is 4.74 Å². The Morgan fingerprint density at radius 1 is 1.06 bits per heavy atom. The molecule has 0 amide bonds. The van der Waals surface area contributed by atoms with Crippen LogP contribution in [0.2, 0.25) is 0 Å². The fraction of sp³-hybridized carbons (Fsp3) is 0.464. The van der Waals surface area contributed by atoms with E-state index in [1.165, 1.54) is 44.1 Å². The first kappa shape index (κ1) is 20.4. The lowest BCUT2D eigenvalue weighted by Gasteiger charge is -2.57. The molecule has 3 nitrogen and oxygen atoms in total. The summed E-state index contributed by atoms with van der Waals surface area (Å²) >= 11 is 0. The van der Waals surface area contributed by atoms with Gasteiger partial charge < -0.3 is 9.84 Å². The summed E-state index contributed by atoms with van der Waals surface area (Å²) < 4.78 is 5.60. The van der Waals surface area contributed by atoms with Gasteiger partial charge in [0, 0.05) is 11.8 Å². The molecule has 0 aliphatic heterocycles. The molecule has 2 aromatic rings. The lowest BCUT2D eigenvalue weighted by Crippen LogP contribution is -2.48. The number of nitrogens with zero attached hydrogens (tertiary/aromatic N) is 1. The minimum absolute atomic E-state index is 0.193. The van der Waals surface area contributed by atoms with Gasteiger partial charge in [-0.2, -0.15) is 0 Å². The van der Waals surface area contributed by atoms with Crippen LogP contribution in [0, 0.1) is 17.8 Å². The SMILES string of the molecule is C=CCc1cc(C=Nc2ccc(C34CC5CC(CC(C5)C3)C4)cc2)cc(OCC)c1O. The molecule has 162 valence electrons. The van der Waals surface area contributed by atoms with Crippen molar-refractivity contribution < 1.29 is 9.84 Å². The highest BCUT2D eigenvalue weighted by atomic mass is 16.5. The lowest BCUT2D eigenvalue weighted by molar-refractivity contribution is -0.00518. The predicted octanol–water partition coefficient (Wildman–Crippen LogP) is 6.74. The maximum Gasteiger partial charge on any atom is 0.161 e. The van der Waals surface area contributed by atoms with Crippen LogP contribution in [0.3, 0.4) is 0 Å². The molecule has 0 spiro atoms. The number of ether oxygens (including phenoxy) is 1. The molecule has 1 N–H and O–H groups in total. The van der Waals surface area contributed by atoms with Crippen LogP contribution in [0.25, 0.3) is 0 Å². The van der Waals surface area contributed by atoms with Gasteiger partial charge in [0.15, 0.2) is 11.5 Å². The third kappa shape index (κ3) is 3.91. The monoisotopic (exact) mass is 415 g/mol. The third-order valence-corrected chi connectivity index (χ3v) is 7.72. The highest BCUT2D eigenvalue weighted by Crippen LogP contribution is 2.60. The molecule has 4 saturated carbocycles. The van der Waals surface area contributed by atoms with E-state index in [1.54, 1.807) is 6.08 Å². The summed E-state index contributed by atoms with van der Waals surface area (Å²) in [6.07, 6.45) is 12.8. The molecular formula is C28H33NO2. The molecular weight excluding hydrogens is 382 g/mol. The molecule has 0 atom stereocenters. The average Bonchev–Trinajstić information content (AvgIpc) is 2.75. The Hall–Kier alpha value is -2.55. The van der Waals surface area contributed by atoms with Crippen molar-refractivity contribution >= 4 is 11.9 Å². The molecule has 31 heavy (non-hydrogen) atoms. The van der Waals surface area contributed by atoms with Crippen LogP contribution in [-0.4, -0.2) is 17.9 Å². The highest BCUT2D eigenvalue weighted by molar-refractivity contribution is 5.83. The van der Waals surface area contributed by atoms with E-state index in [1.807, 2.05) is 25.3 Å². The minimum atomic E-state index is 0.193. The zero-order chi connectivity index (χ0) is 21.4. The summed E-state index contributed by atoms with van der Waals surface area (Å²) in [5.41, 5.74) is 4.65. The quantitative estimate of drug-likeness (QED) is 0.402. The normalized spacial score (nSPS) is 28.9. The average molecular weight is 416 g/mol. The van der Waals surface area contributed by atoms with Crippen molar-refractivity contribution in [2.24, 2.45) is 22.7 Å². The number of phenolic OH excluding ortho intramolecular Hbond substituents is 1. The second-order valence-corrected chi connectivity index (χ2v) is 9.96. The van der Waals surface area contributed by atoms with Gasteiger partial charge in [0.2, 0.25) is 0 Å². The van der Waals surface area contributed by atoms with E-state index < -0.39 is 0 Å². The number of phenols is 1. The maximum atomic E-state index is 10.4. The van der Waals surface area contributed by atoms with Crippen LogP contribution in [0.5, 0.6) is 11.5 Å². The zero-order valence-electron chi connectivity index (χ0n) is 18.5. The Balaban J connectivity index is 1.36. The van der Waals surface area contributed by atoms with Crippen LogP contribution in [-0.2, 0) is 11.8 Å². The molecule has 0 saturated heterocycles. The van der Waals surface area contributed by atoms with E-state index in [2.05, 4.69) is 30.8 Å². The number of allylic oxidation sites excluding steroid dienone is 1. The van der Waals surface area contributed by atoms with Crippen molar-refractivity contribution in [1.29, 1.82) is 0 Å². The molecule has 3 heteroatoms. The zero-order valence-corrected chi connectivity index (χ0v) is 18.5. The fourth-order valence-corrected chi connectivity index (χ4v) is 6.85. The summed E-state index contributed by atoms with van der Waals surface area (Å²) in [5.74, 6) is 3.58. The molecule has 4 aliphatic rings. The van der Waals surface area contributed by atoms with E-state index in [0.29, 0.717) is 24.2 Å². The van der Waals surface area contributed by atoms with Crippen LogP contribution in [0.1, 0.15) is 62.1 Å². The predicted molar refractivity (Wildman–Crippen MR) is 127 cm³/mol.